The van der Waals surface area contributed by atoms with E-state index >= 15 is 0 Å². The molecular weight excluding hydrogens is 280 g/mol. The molecule has 1 atom stereocenters. The highest BCUT2D eigenvalue weighted by molar-refractivity contribution is 7.12. The van der Waals surface area contributed by atoms with E-state index in [0.717, 1.165) is 25.3 Å². The molecular formula is C17H22N2OS. The van der Waals surface area contributed by atoms with Crippen LogP contribution in [0.2, 0.25) is 0 Å². The van der Waals surface area contributed by atoms with Gasteiger partial charge in [-0.15, -0.1) is 11.3 Å². The van der Waals surface area contributed by atoms with E-state index < -0.39 is 0 Å². The Morgan fingerprint density at radius 2 is 2.05 bits per heavy atom. The molecule has 1 spiro atoms. The molecule has 1 amide bonds. The lowest BCUT2D eigenvalue weighted by Gasteiger charge is -2.28. The number of nitrogens with one attached hydrogen (secondary N) is 1. The Labute approximate surface area is 129 Å². The largest absolute Gasteiger partial charge is 0.320 e. The fraction of sp³-hybridized carbons (Fsp3) is 0.706. The quantitative estimate of drug-likeness (QED) is 0.926. The van der Waals surface area contributed by atoms with Crippen LogP contribution in [0.15, 0.2) is 12.1 Å². The summed E-state index contributed by atoms with van der Waals surface area (Å²) in [6, 6.07) is 4.38. The van der Waals surface area contributed by atoms with Gasteiger partial charge in [0.05, 0.1) is 0 Å². The van der Waals surface area contributed by atoms with Crippen molar-refractivity contribution in [2.45, 2.75) is 57.2 Å². The van der Waals surface area contributed by atoms with E-state index in [1.165, 1.54) is 35.4 Å². The summed E-state index contributed by atoms with van der Waals surface area (Å²) in [4.78, 5) is 17.7. The van der Waals surface area contributed by atoms with Crippen LogP contribution in [-0.4, -0.2) is 22.9 Å². The van der Waals surface area contributed by atoms with E-state index in [-0.39, 0.29) is 11.7 Å². The number of hydrogen-bond acceptors (Lipinski definition) is 3. The van der Waals surface area contributed by atoms with Gasteiger partial charge in [0.25, 0.3) is 0 Å². The lowest BCUT2D eigenvalue weighted by atomic mass is 9.99. The number of thiophene rings is 1. The predicted octanol–water partition coefficient (Wildman–Crippen LogP) is 3.21. The smallest absolute Gasteiger partial charge is 0.244 e. The van der Waals surface area contributed by atoms with Crippen LogP contribution in [0.1, 0.15) is 54.4 Å². The fourth-order valence-corrected chi connectivity index (χ4v) is 5.10. The first-order valence-corrected chi connectivity index (χ1v) is 9.09. The summed E-state index contributed by atoms with van der Waals surface area (Å²) in [5.41, 5.74) is 0.296. The van der Waals surface area contributed by atoms with E-state index in [9.17, 15) is 4.79 Å². The molecule has 1 unspecified atom stereocenters. The lowest BCUT2D eigenvalue weighted by molar-refractivity contribution is -0.131. The molecule has 4 fully saturated rings. The highest BCUT2D eigenvalue weighted by Gasteiger charge is 2.63. The van der Waals surface area contributed by atoms with Crippen molar-refractivity contribution in [3.63, 3.8) is 0 Å². The van der Waals surface area contributed by atoms with Gasteiger partial charge in [-0.2, -0.15) is 0 Å². The van der Waals surface area contributed by atoms with Crippen LogP contribution in [-0.2, 0) is 4.79 Å². The Balaban J connectivity index is 1.46. The zero-order chi connectivity index (χ0) is 14.2. The van der Waals surface area contributed by atoms with Crippen LogP contribution in [0.4, 0.5) is 0 Å². The minimum absolute atomic E-state index is 0.134. The van der Waals surface area contributed by atoms with Gasteiger partial charge in [-0.05, 0) is 68.9 Å². The highest BCUT2D eigenvalue weighted by Crippen LogP contribution is 2.62. The van der Waals surface area contributed by atoms with Crippen molar-refractivity contribution in [1.29, 1.82) is 0 Å². The maximum atomic E-state index is 12.9. The van der Waals surface area contributed by atoms with Crippen molar-refractivity contribution in [3.8, 4) is 0 Å². The number of rotatable bonds is 4. The van der Waals surface area contributed by atoms with Crippen LogP contribution in [0, 0.1) is 18.3 Å². The maximum absolute atomic E-state index is 12.9. The van der Waals surface area contributed by atoms with Crippen molar-refractivity contribution in [1.82, 2.24) is 10.2 Å². The van der Waals surface area contributed by atoms with E-state index in [0.29, 0.717) is 11.3 Å². The molecule has 1 saturated heterocycles. The molecule has 1 aromatic rings. The molecule has 1 aromatic heterocycles. The van der Waals surface area contributed by atoms with Gasteiger partial charge in [0.1, 0.15) is 11.7 Å². The summed E-state index contributed by atoms with van der Waals surface area (Å²) in [5.74, 6) is 1.29. The predicted molar refractivity (Wildman–Crippen MR) is 83.0 cm³/mol. The number of hydrogen-bond donors (Lipinski definition) is 1. The number of aryl methyl sites for hydroxylation is 1. The van der Waals surface area contributed by atoms with E-state index in [4.69, 9.17) is 0 Å². The molecule has 4 heteroatoms. The molecule has 0 aromatic carbocycles. The van der Waals surface area contributed by atoms with Gasteiger partial charge in [-0.1, -0.05) is 0 Å². The molecule has 3 aliphatic carbocycles. The third-order valence-corrected chi connectivity index (χ3v) is 7.05. The Morgan fingerprint density at radius 1 is 1.29 bits per heavy atom. The molecule has 3 nitrogen and oxygen atoms in total. The Kier molecular flexibility index (Phi) is 2.35. The first-order chi connectivity index (χ1) is 10.1. The van der Waals surface area contributed by atoms with Crippen molar-refractivity contribution in [2.24, 2.45) is 11.3 Å². The minimum atomic E-state index is -0.192. The van der Waals surface area contributed by atoms with Crippen LogP contribution in [0.3, 0.4) is 0 Å². The van der Waals surface area contributed by atoms with Crippen molar-refractivity contribution >= 4 is 17.2 Å². The normalized spacial score (nSPS) is 32.0. The van der Waals surface area contributed by atoms with Gasteiger partial charge in [0.15, 0.2) is 0 Å². The SMILES string of the molecule is Cc1ccc(C2NC3(CC3)C(=O)N2CC2(C3CC3)CC2)s1. The summed E-state index contributed by atoms with van der Waals surface area (Å²) in [7, 11) is 0. The van der Waals surface area contributed by atoms with Crippen LogP contribution in [0.25, 0.3) is 0 Å². The number of amides is 1. The summed E-state index contributed by atoms with van der Waals surface area (Å²) >= 11 is 1.83. The van der Waals surface area contributed by atoms with Gasteiger partial charge in [0.2, 0.25) is 5.91 Å². The van der Waals surface area contributed by atoms with Crippen molar-refractivity contribution < 1.29 is 4.79 Å². The molecule has 2 heterocycles. The van der Waals surface area contributed by atoms with Gasteiger partial charge < -0.3 is 4.90 Å². The zero-order valence-corrected chi connectivity index (χ0v) is 13.3. The van der Waals surface area contributed by atoms with Gasteiger partial charge >= 0.3 is 0 Å². The van der Waals surface area contributed by atoms with Gasteiger partial charge in [0, 0.05) is 16.3 Å². The average Bonchev–Trinajstić information content (AvgIpc) is 3.31. The van der Waals surface area contributed by atoms with Gasteiger partial charge in [-0.25, -0.2) is 0 Å². The zero-order valence-electron chi connectivity index (χ0n) is 12.5. The monoisotopic (exact) mass is 302 g/mol. The molecule has 0 bridgehead atoms. The lowest BCUT2D eigenvalue weighted by Crippen LogP contribution is -2.37. The molecule has 1 N–H and O–H groups in total. The second-order valence-electron chi connectivity index (χ2n) is 7.65. The van der Waals surface area contributed by atoms with E-state index in [1.807, 2.05) is 11.3 Å². The standard InChI is InChI=1S/C17H22N2OS/c1-11-2-5-13(21-11)14-18-17(8-9-17)15(20)19(14)10-16(6-7-16)12-3-4-12/h2,5,12,14,18H,3-4,6-10H2,1H3. The summed E-state index contributed by atoms with van der Waals surface area (Å²) in [5, 5.41) is 3.67. The number of nitrogens with zero attached hydrogens (tertiary/aromatic N) is 1. The van der Waals surface area contributed by atoms with Crippen LogP contribution in [0.5, 0.6) is 0 Å². The molecule has 1 aliphatic heterocycles. The molecule has 4 aliphatic rings. The summed E-state index contributed by atoms with van der Waals surface area (Å²) in [6.07, 6.45) is 7.65. The first kappa shape index (κ1) is 12.7. The summed E-state index contributed by atoms with van der Waals surface area (Å²) < 4.78 is 0. The first-order valence-electron chi connectivity index (χ1n) is 8.27. The Hall–Kier alpha value is -0.870. The molecule has 0 radical (unpaired) electrons. The third-order valence-electron chi connectivity index (χ3n) is 6.00. The van der Waals surface area contributed by atoms with Crippen LogP contribution < -0.4 is 5.32 Å². The van der Waals surface area contributed by atoms with E-state index in [1.54, 1.807) is 0 Å². The average molecular weight is 302 g/mol. The third kappa shape index (κ3) is 1.85. The van der Waals surface area contributed by atoms with Crippen molar-refractivity contribution in [3.05, 3.63) is 21.9 Å². The molecule has 3 saturated carbocycles. The second kappa shape index (κ2) is 3.90. The molecule has 5 rings (SSSR count). The van der Waals surface area contributed by atoms with Crippen LogP contribution >= 0.6 is 11.3 Å². The fourth-order valence-electron chi connectivity index (χ4n) is 4.16. The van der Waals surface area contributed by atoms with Gasteiger partial charge in [-0.3, -0.25) is 10.1 Å². The minimum Gasteiger partial charge on any atom is -0.320 e. The second-order valence-corrected chi connectivity index (χ2v) is 8.97. The maximum Gasteiger partial charge on any atom is 0.244 e. The highest BCUT2D eigenvalue weighted by atomic mass is 32.1. The molecule has 112 valence electrons. The van der Waals surface area contributed by atoms with E-state index in [2.05, 4.69) is 29.3 Å². The Bertz CT molecular complexity index is 610. The number of carbonyl (C=O) groups excluding carboxylic acids is 1. The van der Waals surface area contributed by atoms with Crippen molar-refractivity contribution in [2.75, 3.05) is 6.54 Å². The number of carbonyl (C=O) groups is 1. The summed E-state index contributed by atoms with van der Waals surface area (Å²) in [6.45, 7) is 3.14. The Morgan fingerprint density at radius 3 is 2.57 bits per heavy atom. The molecule has 21 heavy (non-hydrogen) atoms. The topological polar surface area (TPSA) is 32.3 Å².